The van der Waals surface area contributed by atoms with Gasteiger partial charge in [-0.2, -0.15) is 0 Å². The second-order valence-corrected chi connectivity index (χ2v) is 4.14. The number of nitrogen functional groups attached to an aromatic ring is 1. The molecule has 0 unspecified atom stereocenters. The summed E-state index contributed by atoms with van der Waals surface area (Å²) >= 11 is 0. The van der Waals surface area contributed by atoms with Crippen LogP contribution in [0, 0.1) is 0 Å². The SMILES string of the molecule is Nc1ncncc1-c1ccc(Oc2cccnc2)cc1. The Kier molecular flexibility index (Phi) is 3.24. The van der Waals surface area contributed by atoms with Gasteiger partial charge in [0, 0.05) is 18.0 Å². The maximum Gasteiger partial charge on any atom is 0.145 e. The normalized spacial score (nSPS) is 10.2. The van der Waals surface area contributed by atoms with E-state index in [2.05, 4.69) is 15.0 Å². The van der Waals surface area contributed by atoms with Crippen LogP contribution < -0.4 is 10.5 Å². The lowest BCUT2D eigenvalue weighted by Gasteiger charge is -2.07. The highest BCUT2D eigenvalue weighted by Crippen LogP contribution is 2.27. The molecule has 5 nitrogen and oxygen atoms in total. The summed E-state index contributed by atoms with van der Waals surface area (Å²) in [7, 11) is 0. The van der Waals surface area contributed by atoms with E-state index in [4.69, 9.17) is 10.5 Å². The number of pyridine rings is 1. The Labute approximate surface area is 116 Å². The summed E-state index contributed by atoms with van der Waals surface area (Å²) in [5, 5.41) is 0. The summed E-state index contributed by atoms with van der Waals surface area (Å²) in [5.41, 5.74) is 7.58. The first-order valence-corrected chi connectivity index (χ1v) is 6.07. The van der Waals surface area contributed by atoms with Gasteiger partial charge in [0.1, 0.15) is 23.6 Å². The summed E-state index contributed by atoms with van der Waals surface area (Å²) in [6.45, 7) is 0. The van der Waals surface area contributed by atoms with Gasteiger partial charge in [0.25, 0.3) is 0 Å². The zero-order chi connectivity index (χ0) is 13.8. The number of ether oxygens (including phenoxy) is 1. The summed E-state index contributed by atoms with van der Waals surface area (Å²) < 4.78 is 5.67. The fourth-order valence-electron chi connectivity index (χ4n) is 1.81. The summed E-state index contributed by atoms with van der Waals surface area (Å²) in [5.74, 6) is 1.89. The third kappa shape index (κ3) is 2.56. The molecule has 0 aliphatic rings. The molecule has 2 N–H and O–H groups in total. The molecule has 0 saturated carbocycles. The largest absolute Gasteiger partial charge is 0.456 e. The number of rotatable bonds is 3. The predicted molar refractivity (Wildman–Crippen MR) is 76.2 cm³/mol. The topological polar surface area (TPSA) is 73.9 Å². The van der Waals surface area contributed by atoms with Gasteiger partial charge in [0.15, 0.2) is 0 Å². The maximum atomic E-state index is 5.82. The number of hydrogen-bond acceptors (Lipinski definition) is 5. The van der Waals surface area contributed by atoms with Gasteiger partial charge in [-0.1, -0.05) is 12.1 Å². The second-order valence-electron chi connectivity index (χ2n) is 4.14. The monoisotopic (exact) mass is 264 g/mol. The van der Waals surface area contributed by atoms with Crippen LogP contribution in [0.2, 0.25) is 0 Å². The highest BCUT2D eigenvalue weighted by atomic mass is 16.5. The van der Waals surface area contributed by atoms with Gasteiger partial charge in [-0.05, 0) is 29.8 Å². The van der Waals surface area contributed by atoms with Crippen LogP contribution in [-0.4, -0.2) is 15.0 Å². The number of hydrogen-bond donors (Lipinski definition) is 1. The van der Waals surface area contributed by atoms with Crippen molar-refractivity contribution in [3.63, 3.8) is 0 Å². The molecule has 0 spiro atoms. The molecule has 2 heterocycles. The smallest absolute Gasteiger partial charge is 0.145 e. The number of benzene rings is 1. The molecule has 5 heteroatoms. The van der Waals surface area contributed by atoms with E-state index in [-0.39, 0.29) is 0 Å². The van der Waals surface area contributed by atoms with E-state index < -0.39 is 0 Å². The minimum Gasteiger partial charge on any atom is -0.456 e. The molecule has 0 radical (unpaired) electrons. The maximum absolute atomic E-state index is 5.82. The molecule has 2 aromatic heterocycles. The molecule has 0 saturated heterocycles. The molecular formula is C15H12N4O. The van der Waals surface area contributed by atoms with Gasteiger partial charge in [-0.3, -0.25) is 4.98 Å². The molecule has 98 valence electrons. The van der Waals surface area contributed by atoms with Gasteiger partial charge < -0.3 is 10.5 Å². The van der Waals surface area contributed by atoms with E-state index in [1.54, 1.807) is 18.6 Å². The number of anilines is 1. The molecule has 3 rings (SSSR count). The number of nitrogens with zero attached hydrogens (tertiary/aromatic N) is 3. The molecule has 3 aromatic rings. The fraction of sp³-hybridized carbons (Fsp3) is 0. The van der Waals surface area contributed by atoms with Gasteiger partial charge in [-0.15, -0.1) is 0 Å². The molecular weight excluding hydrogens is 252 g/mol. The lowest BCUT2D eigenvalue weighted by Crippen LogP contribution is -1.94. The van der Waals surface area contributed by atoms with Crippen molar-refractivity contribution >= 4 is 5.82 Å². The highest BCUT2D eigenvalue weighted by Gasteiger charge is 2.04. The van der Waals surface area contributed by atoms with E-state index in [0.717, 1.165) is 16.9 Å². The van der Waals surface area contributed by atoms with E-state index in [1.165, 1.54) is 6.33 Å². The Hall–Kier alpha value is -2.95. The first-order valence-electron chi connectivity index (χ1n) is 6.07. The van der Waals surface area contributed by atoms with Crippen molar-refractivity contribution < 1.29 is 4.74 Å². The molecule has 1 aromatic carbocycles. The molecule has 0 amide bonds. The van der Waals surface area contributed by atoms with Crippen molar-refractivity contribution in [1.29, 1.82) is 0 Å². The Morgan fingerprint density at radius 3 is 2.45 bits per heavy atom. The first-order chi connectivity index (χ1) is 9.83. The van der Waals surface area contributed by atoms with Crippen molar-refractivity contribution in [1.82, 2.24) is 15.0 Å². The zero-order valence-electron chi connectivity index (χ0n) is 10.6. The Morgan fingerprint density at radius 1 is 0.900 bits per heavy atom. The molecule has 20 heavy (non-hydrogen) atoms. The minimum absolute atomic E-state index is 0.459. The third-order valence-corrected chi connectivity index (χ3v) is 2.78. The summed E-state index contributed by atoms with van der Waals surface area (Å²) in [6.07, 6.45) is 6.49. The quantitative estimate of drug-likeness (QED) is 0.787. The van der Waals surface area contributed by atoms with Crippen molar-refractivity contribution in [2.45, 2.75) is 0 Å². The summed E-state index contributed by atoms with van der Waals surface area (Å²) in [4.78, 5) is 12.0. The molecule has 0 bridgehead atoms. The van der Waals surface area contributed by atoms with Crippen LogP contribution in [0.15, 0.2) is 61.3 Å². The van der Waals surface area contributed by atoms with Crippen LogP contribution in [0.25, 0.3) is 11.1 Å². The Morgan fingerprint density at radius 2 is 1.75 bits per heavy atom. The average molecular weight is 264 g/mol. The average Bonchev–Trinajstić information content (AvgIpc) is 2.50. The predicted octanol–water partition coefficient (Wildman–Crippen LogP) is 2.91. The van der Waals surface area contributed by atoms with E-state index in [0.29, 0.717) is 11.6 Å². The van der Waals surface area contributed by atoms with E-state index in [1.807, 2.05) is 36.4 Å². The Bertz CT molecular complexity index is 699. The second kappa shape index (κ2) is 5.36. The van der Waals surface area contributed by atoms with Crippen LogP contribution in [0.3, 0.4) is 0 Å². The summed E-state index contributed by atoms with van der Waals surface area (Å²) in [6, 6.07) is 11.3. The molecule has 0 fully saturated rings. The highest BCUT2D eigenvalue weighted by molar-refractivity contribution is 5.72. The number of nitrogens with two attached hydrogens (primary N) is 1. The van der Waals surface area contributed by atoms with Gasteiger partial charge >= 0.3 is 0 Å². The molecule has 0 atom stereocenters. The lowest BCUT2D eigenvalue weighted by atomic mass is 10.1. The van der Waals surface area contributed by atoms with Gasteiger partial charge in [-0.25, -0.2) is 9.97 Å². The lowest BCUT2D eigenvalue weighted by molar-refractivity contribution is 0.480. The Balaban J connectivity index is 1.83. The molecule has 0 aliphatic carbocycles. The number of aromatic nitrogens is 3. The van der Waals surface area contributed by atoms with E-state index >= 15 is 0 Å². The van der Waals surface area contributed by atoms with Crippen molar-refractivity contribution in [3.05, 3.63) is 61.3 Å². The van der Waals surface area contributed by atoms with Crippen LogP contribution >= 0.6 is 0 Å². The van der Waals surface area contributed by atoms with Crippen LogP contribution in [0.5, 0.6) is 11.5 Å². The standard InChI is InChI=1S/C15H12N4O/c16-15-14(9-18-10-19-15)11-3-5-12(6-4-11)20-13-2-1-7-17-8-13/h1-10H,(H2,16,18,19). The van der Waals surface area contributed by atoms with Crippen molar-refractivity contribution in [2.75, 3.05) is 5.73 Å². The minimum atomic E-state index is 0.459. The van der Waals surface area contributed by atoms with E-state index in [9.17, 15) is 0 Å². The van der Waals surface area contributed by atoms with Gasteiger partial charge in [0.2, 0.25) is 0 Å². The van der Waals surface area contributed by atoms with Crippen LogP contribution in [0.4, 0.5) is 5.82 Å². The van der Waals surface area contributed by atoms with Crippen LogP contribution in [0.1, 0.15) is 0 Å². The van der Waals surface area contributed by atoms with Crippen molar-refractivity contribution in [2.24, 2.45) is 0 Å². The third-order valence-electron chi connectivity index (χ3n) is 2.78. The van der Waals surface area contributed by atoms with Gasteiger partial charge in [0.05, 0.1) is 6.20 Å². The molecule has 0 aliphatic heterocycles. The zero-order valence-corrected chi connectivity index (χ0v) is 10.6. The van der Waals surface area contributed by atoms with Crippen LogP contribution in [-0.2, 0) is 0 Å². The first kappa shape index (κ1) is 12.1. The fourth-order valence-corrected chi connectivity index (χ4v) is 1.81. The van der Waals surface area contributed by atoms with Crippen molar-refractivity contribution in [3.8, 4) is 22.6 Å².